The van der Waals surface area contributed by atoms with Crippen LogP contribution < -0.4 is 0 Å². The molecule has 1 unspecified atom stereocenters. The summed E-state index contributed by atoms with van der Waals surface area (Å²) in [6.07, 6.45) is 3.46. The number of hydrogen-bond acceptors (Lipinski definition) is 1. The summed E-state index contributed by atoms with van der Waals surface area (Å²) in [5.41, 5.74) is 3.96. The summed E-state index contributed by atoms with van der Waals surface area (Å²) in [4.78, 5) is 2.40. The molecule has 0 bridgehead atoms. The monoisotopic (exact) mass is 293 g/mol. The second kappa shape index (κ2) is 6.62. The lowest BCUT2D eigenvalue weighted by Crippen LogP contribution is -2.19. The predicted octanol–water partition coefficient (Wildman–Crippen LogP) is 4.51. The van der Waals surface area contributed by atoms with Gasteiger partial charge >= 0.3 is 0 Å². The first-order chi connectivity index (χ1) is 9.54. The molecule has 2 rings (SSSR count). The van der Waals surface area contributed by atoms with E-state index in [1.165, 1.54) is 23.2 Å². The Hall–Kier alpha value is -1.02. The first-order valence-electron chi connectivity index (χ1n) is 7.67. The van der Waals surface area contributed by atoms with Gasteiger partial charge in [-0.1, -0.05) is 39.0 Å². The molecule has 0 saturated carbocycles. The smallest absolute Gasteiger partial charge is 0.239 e. The van der Waals surface area contributed by atoms with Crippen molar-refractivity contribution in [2.45, 2.75) is 45.4 Å². The van der Waals surface area contributed by atoms with Gasteiger partial charge in [-0.3, -0.25) is 4.90 Å². The standard InChI is InChI=1S/C17H26ClN2/c1-5-9-19-10-11-20(12-19)17-15(13(2)3)7-6-8-16(17)14(4)18/h6-8,12-14H,5,9-11H2,1-4H3/q+1. The third-order valence-corrected chi connectivity index (χ3v) is 4.11. The van der Waals surface area contributed by atoms with E-state index in [4.69, 9.17) is 11.6 Å². The Morgan fingerprint density at radius 1 is 1.25 bits per heavy atom. The lowest BCUT2D eigenvalue weighted by molar-refractivity contribution is -0.425. The Labute approximate surface area is 128 Å². The predicted molar refractivity (Wildman–Crippen MR) is 87.5 cm³/mol. The molecule has 2 nitrogen and oxygen atoms in total. The Morgan fingerprint density at radius 3 is 2.55 bits per heavy atom. The van der Waals surface area contributed by atoms with Crippen LogP contribution in [0.15, 0.2) is 18.2 Å². The highest BCUT2D eigenvalue weighted by Crippen LogP contribution is 2.36. The van der Waals surface area contributed by atoms with Crippen molar-refractivity contribution < 1.29 is 4.58 Å². The molecule has 0 radical (unpaired) electrons. The van der Waals surface area contributed by atoms with Crippen molar-refractivity contribution in [2.75, 3.05) is 19.6 Å². The summed E-state index contributed by atoms with van der Waals surface area (Å²) in [5, 5.41) is 0.0392. The summed E-state index contributed by atoms with van der Waals surface area (Å²) < 4.78 is 2.39. The van der Waals surface area contributed by atoms with Crippen LogP contribution in [0.25, 0.3) is 0 Å². The number of benzene rings is 1. The Bertz CT molecular complexity index is 466. The molecular weight excluding hydrogens is 268 g/mol. The van der Waals surface area contributed by atoms with Crippen LogP contribution in [0.3, 0.4) is 0 Å². The maximum absolute atomic E-state index is 6.41. The molecule has 1 aromatic rings. The van der Waals surface area contributed by atoms with Crippen LogP contribution in [-0.2, 0) is 0 Å². The van der Waals surface area contributed by atoms with Crippen LogP contribution in [0.5, 0.6) is 0 Å². The Kier molecular flexibility index (Phi) is 5.09. The van der Waals surface area contributed by atoms with Gasteiger partial charge in [0.15, 0.2) is 0 Å². The third kappa shape index (κ3) is 3.17. The molecule has 0 amide bonds. The van der Waals surface area contributed by atoms with E-state index >= 15 is 0 Å². The van der Waals surface area contributed by atoms with Gasteiger partial charge in [-0.05, 0) is 19.3 Å². The van der Waals surface area contributed by atoms with Gasteiger partial charge in [0.25, 0.3) is 0 Å². The van der Waals surface area contributed by atoms with E-state index in [2.05, 4.69) is 61.7 Å². The first kappa shape index (κ1) is 15.4. The summed E-state index contributed by atoms with van der Waals surface area (Å²) in [7, 11) is 0. The number of alkyl halides is 1. The van der Waals surface area contributed by atoms with Gasteiger partial charge in [0, 0.05) is 11.1 Å². The highest BCUT2D eigenvalue weighted by molar-refractivity contribution is 6.20. The Morgan fingerprint density at radius 2 is 1.95 bits per heavy atom. The van der Waals surface area contributed by atoms with E-state index in [9.17, 15) is 0 Å². The molecule has 20 heavy (non-hydrogen) atoms. The highest BCUT2D eigenvalue weighted by atomic mass is 35.5. The normalized spacial score (nSPS) is 16.7. The molecule has 1 heterocycles. The summed E-state index contributed by atoms with van der Waals surface area (Å²) >= 11 is 6.41. The fourth-order valence-electron chi connectivity index (χ4n) is 2.87. The van der Waals surface area contributed by atoms with E-state index in [0.717, 1.165) is 19.6 Å². The lowest BCUT2D eigenvalue weighted by Gasteiger charge is -2.17. The van der Waals surface area contributed by atoms with Crippen LogP contribution in [-0.4, -0.2) is 35.4 Å². The van der Waals surface area contributed by atoms with E-state index in [-0.39, 0.29) is 5.38 Å². The number of halogens is 1. The van der Waals surface area contributed by atoms with Crippen molar-refractivity contribution in [1.82, 2.24) is 4.90 Å². The third-order valence-electron chi connectivity index (χ3n) is 3.88. The molecule has 1 atom stereocenters. The molecule has 0 saturated heterocycles. The number of rotatable bonds is 5. The minimum Gasteiger partial charge on any atom is -0.264 e. The molecule has 0 aliphatic carbocycles. The largest absolute Gasteiger partial charge is 0.264 e. The van der Waals surface area contributed by atoms with Crippen molar-refractivity contribution in [2.24, 2.45) is 0 Å². The van der Waals surface area contributed by atoms with Crippen LogP contribution in [0.4, 0.5) is 5.69 Å². The van der Waals surface area contributed by atoms with Gasteiger partial charge in [-0.2, -0.15) is 0 Å². The minimum atomic E-state index is 0.0392. The van der Waals surface area contributed by atoms with Crippen LogP contribution in [0.2, 0.25) is 0 Å². The van der Waals surface area contributed by atoms with Gasteiger partial charge in [0.1, 0.15) is 18.8 Å². The van der Waals surface area contributed by atoms with Crippen molar-refractivity contribution in [1.29, 1.82) is 0 Å². The fourth-order valence-corrected chi connectivity index (χ4v) is 3.05. The zero-order valence-corrected chi connectivity index (χ0v) is 13.8. The lowest BCUT2D eigenvalue weighted by atomic mass is 9.96. The summed E-state index contributed by atoms with van der Waals surface area (Å²) in [6.45, 7) is 12.1. The van der Waals surface area contributed by atoms with Gasteiger partial charge in [-0.15, -0.1) is 11.6 Å². The van der Waals surface area contributed by atoms with Crippen molar-refractivity contribution in [3.63, 3.8) is 0 Å². The molecule has 1 aromatic carbocycles. The van der Waals surface area contributed by atoms with E-state index in [0.29, 0.717) is 5.92 Å². The van der Waals surface area contributed by atoms with Gasteiger partial charge in [0.05, 0.1) is 11.9 Å². The average molecular weight is 294 g/mol. The second-order valence-corrected chi connectivity index (χ2v) is 6.56. The SMILES string of the molecule is CCCN1C=[N+](c2c(C(C)C)cccc2C(C)Cl)CC1. The van der Waals surface area contributed by atoms with E-state index in [1.807, 2.05) is 0 Å². The average Bonchev–Trinajstić information content (AvgIpc) is 2.86. The molecular formula is C17H26ClN2+. The van der Waals surface area contributed by atoms with E-state index < -0.39 is 0 Å². The zero-order chi connectivity index (χ0) is 14.7. The number of nitrogens with zero attached hydrogens (tertiary/aromatic N) is 2. The molecule has 0 spiro atoms. The Balaban J connectivity index is 2.46. The molecule has 1 aliphatic heterocycles. The first-order valence-corrected chi connectivity index (χ1v) is 8.10. The number of para-hydroxylation sites is 1. The fraction of sp³-hybridized carbons (Fsp3) is 0.588. The molecule has 0 N–H and O–H groups in total. The summed E-state index contributed by atoms with van der Waals surface area (Å²) in [6, 6.07) is 6.53. The molecule has 0 fully saturated rings. The van der Waals surface area contributed by atoms with Crippen molar-refractivity contribution >= 4 is 23.6 Å². The highest BCUT2D eigenvalue weighted by Gasteiger charge is 2.26. The topological polar surface area (TPSA) is 6.25 Å². The van der Waals surface area contributed by atoms with Gasteiger partial charge < -0.3 is 0 Å². The van der Waals surface area contributed by atoms with Crippen molar-refractivity contribution in [3.05, 3.63) is 29.3 Å². The minimum absolute atomic E-state index is 0.0392. The van der Waals surface area contributed by atoms with Crippen LogP contribution >= 0.6 is 11.6 Å². The van der Waals surface area contributed by atoms with Crippen molar-refractivity contribution in [3.8, 4) is 0 Å². The van der Waals surface area contributed by atoms with E-state index in [1.54, 1.807) is 0 Å². The summed E-state index contributed by atoms with van der Waals surface area (Å²) in [5.74, 6) is 0.508. The quantitative estimate of drug-likeness (QED) is 0.572. The maximum Gasteiger partial charge on any atom is 0.239 e. The number of hydrogen-bond donors (Lipinski definition) is 0. The molecule has 110 valence electrons. The maximum atomic E-state index is 6.41. The van der Waals surface area contributed by atoms with Gasteiger partial charge in [0.2, 0.25) is 6.34 Å². The molecule has 3 heteroatoms. The van der Waals surface area contributed by atoms with Crippen LogP contribution in [0, 0.1) is 0 Å². The molecule has 1 aliphatic rings. The zero-order valence-electron chi connectivity index (χ0n) is 13.1. The van der Waals surface area contributed by atoms with Crippen LogP contribution in [0.1, 0.15) is 56.5 Å². The molecule has 0 aromatic heterocycles. The second-order valence-electron chi connectivity index (χ2n) is 5.90. The van der Waals surface area contributed by atoms with Gasteiger partial charge in [-0.25, -0.2) is 4.58 Å².